The second-order valence-corrected chi connectivity index (χ2v) is 5.36. The molecule has 1 rings (SSSR count). The number of nitrogens with one attached hydrogen (secondary N) is 1. The first-order valence-electron chi connectivity index (χ1n) is 7.72. The first-order valence-corrected chi connectivity index (χ1v) is 7.72. The average Bonchev–Trinajstić information content (AvgIpc) is 2.40. The Morgan fingerprint density at radius 3 is 2.21 bits per heavy atom. The second kappa shape index (κ2) is 8.98. The van der Waals surface area contributed by atoms with Crippen molar-refractivity contribution >= 4 is 5.69 Å². The van der Waals surface area contributed by atoms with Gasteiger partial charge in [-0.1, -0.05) is 44.4 Å². The maximum absolute atomic E-state index is 3.29. The fourth-order valence-corrected chi connectivity index (χ4v) is 2.41. The van der Waals surface area contributed by atoms with Crippen molar-refractivity contribution in [2.45, 2.75) is 53.0 Å². The lowest BCUT2D eigenvalue weighted by atomic mass is 10.1. The van der Waals surface area contributed by atoms with E-state index in [9.17, 15) is 0 Å². The summed E-state index contributed by atoms with van der Waals surface area (Å²) < 4.78 is 0. The molecule has 0 aliphatic heterocycles. The van der Waals surface area contributed by atoms with Crippen LogP contribution in [0.15, 0.2) is 18.2 Å². The summed E-state index contributed by atoms with van der Waals surface area (Å²) in [4.78, 5) is 2.57. The van der Waals surface area contributed by atoms with E-state index in [4.69, 9.17) is 0 Å². The van der Waals surface area contributed by atoms with E-state index in [0.29, 0.717) is 0 Å². The zero-order valence-electron chi connectivity index (χ0n) is 13.1. The fourth-order valence-electron chi connectivity index (χ4n) is 2.41. The summed E-state index contributed by atoms with van der Waals surface area (Å²) >= 11 is 0. The molecule has 0 radical (unpaired) electrons. The van der Waals surface area contributed by atoms with Gasteiger partial charge in [-0.05, 0) is 38.4 Å². The molecule has 2 heteroatoms. The Hall–Kier alpha value is -1.02. The van der Waals surface area contributed by atoms with Crippen LogP contribution in [0.25, 0.3) is 0 Å². The molecular formula is C17H30N2. The standard InChI is InChI=1S/C17H30N2/c1-5-7-11-19(12-8-6-2)17-10-9-15(3)13-16(17)14-18-4/h9-10,13,18H,5-8,11-12,14H2,1-4H3. The first-order chi connectivity index (χ1) is 9.22. The van der Waals surface area contributed by atoms with Crippen molar-refractivity contribution in [3.63, 3.8) is 0 Å². The Bertz CT molecular complexity index is 352. The van der Waals surface area contributed by atoms with Crippen LogP contribution >= 0.6 is 0 Å². The van der Waals surface area contributed by atoms with Crippen LogP contribution < -0.4 is 10.2 Å². The van der Waals surface area contributed by atoms with Crippen LogP contribution in [-0.4, -0.2) is 20.1 Å². The summed E-state index contributed by atoms with van der Waals surface area (Å²) in [6.07, 6.45) is 5.07. The molecule has 0 atom stereocenters. The van der Waals surface area contributed by atoms with Crippen LogP contribution in [0.2, 0.25) is 0 Å². The third kappa shape index (κ3) is 5.23. The van der Waals surface area contributed by atoms with E-state index in [0.717, 1.165) is 6.54 Å². The molecule has 108 valence electrons. The molecule has 0 unspecified atom stereocenters. The van der Waals surface area contributed by atoms with E-state index in [1.54, 1.807) is 0 Å². The molecule has 19 heavy (non-hydrogen) atoms. The Balaban J connectivity index is 2.91. The molecule has 0 saturated carbocycles. The Labute approximate surface area is 119 Å². The van der Waals surface area contributed by atoms with Crippen molar-refractivity contribution in [2.24, 2.45) is 0 Å². The molecule has 0 bridgehead atoms. The van der Waals surface area contributed by atoms with Gasteiger partial charge >= 0.3 is 0 Å². The van der Waals surface area contributed by atoms with E-state index in [-0.39, 0.29) is 0 Å². The number of benzene rings is 1. The predicted molar refractivity (Wildman–Crippen MR) is 86.0 cm³/mol. The molecule has 0 heterocycles. The molecule has 0 fully saturated rings. The van der Waals surface area contributed by atoms with Gasteiger partial charge in [-0.15, -0.1) is 0 Å². The lowest BCUT2D eigenvalue weighted by molar-refractivity contribution is 0.672. The van der Waals surface area contributed by atoms with Crippen LogP contribution in [0.5, 0.6) is 0 Å². The van der Waals surface area contributed by atoms with E-state index >= 15 is 0 Å². The number of rotatable bonds is 9. The van der Waals surface area contributed by atoms with Crippen LogP contribution in [0.4, 0.5) is 5.69 Å². The largest absolute Gasteiger partial charge is 0.371 e. The Kier molecular flexibility index (Phi) is 7.57. The maximum Gasteiger partial charge on any atom is 0.0412 e. The molecule has 0 aliphatic rings. The number of nitrogens with zero attached hydrogens (tertiary/aromatic N) is 1. The van der Waals surface area contributed by atoms with Crippen molar-refractivity contribution in [2.75, 3.05) is 25.0 Å². The van der Waals surface area contributed by atoms with Gasteiger partial charge in [0.15, 0.2) is 0 Å². The monoisotopic (exact) mass is 262 g/mol. The van der Waals surface area contributed by atoms with E-state index in [1.807, 2.05) is 7.05 Å². The van der Waals surface area contributed by atoms with Gasteiger partial charge in [-0.3, -0.25) is 0 Å². The summed E-state index contributed by atoms with van der Waals surface area (Å²) in [7, 11) is 2.02. The lowest BCUT2D eigenvalue weighted by Gasteiger charge is -2.27. The molecule has 1 aromatic carbocycles. The minimum atomic E-state index is 0.950. The molecule has 0 aliphatic carbocycles. The highest BCUT2D eigenvalue weighted by Crippen LogP contribution is 2.23. The molecule has 1 aromatic rings. The molecule has 1 N–H and O–H groups in total. The van der Waals surface area contributed by atoms with Gasteiger partial charge in [0.25, 0.3) is 0 Å². The van der Waals surface area contributed by atoms with E-state index in [2.05, 4.69) is 49.2 Å². The van der Waals surface area contributed by atoms with Gasteiger partial charge in [-0.25, -0.2) is 0 Å². The van der Waals surface area contributed by atoms with Crippen molar-refractivity contribution in [3.8, 4) is 0 Å². The van der Waals surface area contributed by atoms with Crippen molar-refractivity contribution in [3.05, 3.63) is 29.3 Å². The number of unbranched alkanes of at least 4 members (excludes halogenated alkanes) is 2. The van der Waals surface area contributed by atoms with E-state index < -0.39 is 0 Å². The van der Waals surface area contributed by atoms with Crippen LogP contribution in [0, 0.1) is 6.92 Å². The highest BCUT2D eigenvalue weighted by molar-refractivity contribution is 5.55. The zero-order chi connectivity index (χ0) is 14.1. The molecule has 0 spiro atoms. The number of hydrogen-bond acceptors (Lipinski definition) is 2. The van der Waals surface area contributed by atoms with Gasteiger partial charge in [0.05, 0.1) is 0 Å². The third-order valence-electron chi connectivity index (χ3n) is 3.51. The summed E-state index contributed by atoms with van der Waals surface area (Å²) in [6.45, 7) is 10.0. The molecule has 2 nitrogen and oxygen atoms in total. The van der Waals surface area contributed by atoms with Gasteiger partial charge in [0.1, 0.15) is 0 Å². The number of anilines is 1. The zero-order valence-corrected chi connectivity index (χ0v) is 13.1. The Morgan fingerprint density at radius 2 is 1.68 bits per heavy atom. The molecule has 0 aromatic heterocycles. The fraction of sp³-hybridized carbons (Fsp3) is 0.647. The highest BCUT2D eigenvalue weighted by atomic mass is 15.1. The minimum absolute atomic E-state index is 0.950. The summed E-state index contributed by atoms with van der Waals surface area (Å²) in [5.74, 6) is 0. The summed E-state index contributed by atoms with van der Waals surface area (Å²) in [6, 6.07) is 6.85. The quantitative estimate of drug-likeness (QED) is 0.720. The van der Waals surface area contributed by atoms with Crippen LogP contribution in [-0.2, 0) is 6.54 Å². The van der Waals surface area contributed by atoms with Gasteiger partial charge in [0.2, 0.25) is 0 Å². The summed E-state index contributed by atoms with van der Waals surface area (Å²) in [5, 5.41) is 3.29. The van der Waals surface area contributed by atoms with Crippen LogP contribution in [0.1, 0.15) is 50.7 Å². The Morgan fingerprint density at radius 1 is 1.05 bits per heavy atom. The van der Waals surface area contributed by atoms with Crippen LogP contribution in [0.3, 0.4) is 0 Å². The molecular weight excluding hydrogens is 232 g/mol. The number of aryl methyl sites for hydroxylation is 1. The third-order valence-corrected chi connectivity index (χ3v) is 3.51. The smallest absolute Gasteiger partial charge is 0.0412 e. The second-order valence-electron chi connectivity index (χ2n) is 5.36. The van der Waals surface area contributed by atoms with Crippen molar-refractivity contribution < 1.29 is 0 Å². The maximum atomic E-state index is 3.29. The average molecular weight is 262 g/mol. The topological polar surface area (TPSA) is 15.3 Å². The van der Waals surface area contributed by atoms with Crippen molar-refractivity contribution in [1.29, 1.82) is 0 Å². The predicted octanol–water partition coefficient (Wildman–Crippen LogP) is 4.12. The normalized spacial score (nSPS) is 10.7. The van der Waals surface area contributed by atoms with Crippen molar-refractivity contribution in [1.82, 2.24) is 5.32 Å². The van der Waals surface area contributed by atoms with Gasteiger partial charge in [-0.2, -0.15) is 0 Å². The summed E-state index contributed by atoms with van der Waals surface area (Å²) in [5.41, 5.74) is 4.19. The van der Waals surface area contributed by atoms with Gasteiger partial charge in [0, 0.05) is 25.3 Å². The highest BCUT2D eigenvalue weighted by Gasteiger charge is 2.10. The minimum Gasteiger partial charge on any atom is -0.371 e. The van der Waals surface area contributed by atoms with Gasteiger partial charge < -0.3 is 10.2 Å². The molecule has 0 saturated heterocycles. The first kappa shape index (κ1) is 16.0. The number of hydrogen-bond donors (Lipinski definition) is 1. The lowest BCUT2D eigenvalue weighted by Crippen LogP contribution is -2.27. The van der Waals surface area contributed by atoms with E-state index in [1.165, 1.54) is 55.6 Å². The SMILES string of the molecule is CCCCN(CCCC)c1ccc(C)cc1CNC. The molecule has 0 amide bonds.